The molecule has 0 saturated carbocycles. The van der Waals surface area contributed by atoms with E-state index in [1.165, 1.54) is 6.33 Å². The summed E-state index contributed by atoms with van der Waals surface area (Å²) < 4.78 is 0. The van der Waals surface area contributed by atoms with Crippen molar-refractivity contribution in [3.8, 4) is 0 Å². The van der Waals surface area contributed by atoms with E-state index in [0.29, 0.717) is 0 Å². The average Bonchev–Trinajstić information content (AvgIpc) is 2.33. The van der Waals surface area contributed by atoms with Gasteiger partial charge in [-0.05, 0) is 6.07 Å². The Kier molecular flexibility index (Phi) is 0.773. The van der Waals surface area contributed by atoms with Crippen LogP contribution in [0.2, 0.25) is 0 Å². The smallest absolute Gasteiger partial charge is 0.116 e. The van der Waals surface area contributed by atoms with Crippen molar-refractivity contribution in [2.45, 2.75) is 0 Å². The Bertz CT molecular complexity index is 287. The van der Waals surface area contributed by atoms with Crippen LogP contribution in [0.4, 0.5) is 0 Å². The summed E-state index contributed by atoms with van der Waals surface area (Å²) in [6.45, 7) is 0. The summed E-state index contributed by atoms with van der Waals surface area (Å²) in [5.74, 6) is 0. The van der Waals surface area contributed by atoms with Crippen LogP contribution < -0.4 is 0 Å². The minimum atomic E-state index is 0. The fourth-order valence-corrected chi connectivity index (χ4v) is 0.793. The highest BCUT2D eigenvalue weighted by molar-refractivity contribution is 5.72. The normalized spacial score (nSPS) is 10.2. The highest BCUT2D eigenvalue weighted by Gasteiger charge is 1.89. The molecule has 9 heavy (non-hydrogen) atoms. The third-order valence-corrected chi connectivity index (χ3v) is 1.22. The fourth-order valence-electron chi connectivity index (χ4n) is 0.793. The van der Waals surface area contributed by atoms with E-state index >= 15 is 0 Å². The molecule has 1 N–H and O–H groups in total. The lowest BCUT2D eigenvalue weighted by Crippen LogP contribution is -1.74. The average molecular weight is 121 g/mol. The molecule has 0 unspecified atom stereocenters. The maximum Gasteiger partial charge on any atom is 0.116 e. The van der Waals surface area contributed by atoms with Gasteiger partial charge < -0.3 is 4.98 Å². The number of rotatable bonds is 0. The predicted molar refractivity (Wildman–Crippen MR) is 36.0 cm³/mol. The van der Waals surface area contributed by atoms with Gasteiger partial charge in [0.1, 0.15) is 6.33 Å². The quantitative estimate of drug-likeness (QED) is 0.569. The van der Waals surface area contributed by atoms with E-state index in [0.717, 1.165) is 11.0 Å². The van der Waals surface area contributed by atoms with Crippen molar-refractivity contribution >= 4 is 11.0 Å². The van der Waals surface area contributed by atoms with E-state index in [-0.39, 0.29) is 1.43 Å². The van der Waals surface area contributed by atoms with Gasteiger partial charge in [-0.3, -0.25) is 0 Å². The number of hydrogen-bond donors (Lipinski definition) is 1. The molecule has 0 saturated heterocycles. The lowest BCUT2D eigenvalue weighted by molar-refractivity contribution is 1.22. The third kappa shape index (κ3) is 0.579. The van der Waals surface area contributed by atoms with Crippen molar-refractivity contribution in [2.24, 2.45) is 0 Å². The van der Waals surface area contributed by atoms with Crippen molar-refractivity contribution in [1.29, 1.82) is 0 Å². The van der Waals surface area contributed by atoms with Crippen molar-refractivity contribution in [1.82, 2.24) is 15.0 Å². The molecule has 0 aliphatic rings. The van der Waals surface area contributed by atoms with Gasteiger partial charge in [-0.2, -0.15) is 0 Å². The first-order valence-corrected chi connectivity index (χ1v) is 2.70. The Morgan fingerprint density at radius 3 is 3.44 bits per heavy atom. The van der Waals surface area contributed by atoms with Crippen molar-refractivity contribution < 1.29 is 1.43 Å². The Morgan fingerprint density at radius 2 is 2.56 bits per heavy atom. The zero-order valence-electron chi connectivity index (χ0n) is 4.70. The Hall–Kier alpha value is -1.38. The van der Waals surface area contributed by atoms with Crippen LogP contribution >= 0.6 is 0 Å². The van der Waals surface area contributed by atoms with Crippen LogP contribution in [0.25, 0.3) is 11.0 Å². The molecule has 3 nitrogen and oxygen atoms in total. The summed E-state index contributed by atoms with van der Waals surface area (Å²) in [5.41, 5.74) is 1.95. The maximum absolute atomic E-state index is 4.00. The van der Waals surface area contributed by atoms with Gasteiger partial charge in [-0.15, -0.1) is 0 Å². The van der Waals surface area contributed by atoms with Crippen LogP contribution in [0.1, 0.15) is 1.43 Å². The molecule has 0 spiro atoms. The van der Waals surface area contributed by atoms with Gasteiger partial charge in [-0.1, -0.05) is 0 Å². The summed E-state index contributed by atoms with van der Waals surface area (Å²) in [5, 5.41) is 0. The van der Waals surface area contributed by atoms with Crippen LogP contribution in [-0.2, 0) is 0 Å². The van der Waals surface area contributed by atoms with Crippen LogP contribution in [0, 0.1) is 0 Å². The predicted octanol–water partition coefficient (Wildman–Crippen LogP) is 1.20. The molecule has 2 rings (SSSR count). The van der Waals surface area contributed by atoms with E-state index in [9.17, 15) is 0 Å². The lowest BCUT2D eigenvalue weighted by atomic mass is 10.5. The molecular weight excluding hydrogens is 114 g/mol. The first-order valence-electron chi connectivity index (χ1n) is 2.70. The molecular formula is C6H7N3. The number of aromatic amines is 1. The molecule has 0 atom stereocenters. The van der Waals surface area contributed by atoms with Crippen molar-refractivity contribution in [3.05, 3.63) is 24.8 Å². The SMILES string of the molecule is [HH].c1ncc2[nH]ccc2n1. The molecule has 0 aromatic carbocycles. The number of nitrogens with one attached hydrogen (secondary N) is 1. The van der Waals surface area contributed by atoms with Gasteiger partial charge in [-0.25, -0.2) is 9.97 Å². The summed E-state index contributed by atoms with van der Waals surface area (Å²) in [6.07, 6.45) is 5.14. The molecule has 2 aromatic rings. The minimum Gasteiger partial charge on any atom is -0.359 e. The summed E-state index contributed by atoms with van der Waals surface area (Å²) >= 11 is 0. The Morgan fingerprint density at radius 1 is 1.56 bits per heavy atom. The van der Waals surface area contributed by atoms with Gasteiger partial charge in [0.15, 0.2) is 0 Å². The molecule has 0 amide bonds. The maximum atomic E-state index is 4.00. The first-order chi connectivity index (χ1) is 4.47. The van der Waals surface area contributed by atoms with Gasteiger partial charge in [0.25, 0.3) is 0 Å². The van der Waals surface area contributed by atoms with Crippen LogP contribution in [0.5, 0.6) is 0 Å². The molecule has 0 radical (unpaired) electrons. The van der Waals surface area contributed by atoms with Gasteiger partial charge in [0, 0.05) is 7.62 Å². The molecule has 0 aliphatic carbocycles. The zero-order chi connectivity index (χ0) is 6.10. The van der Waals surface area contributed by atoms with Gasteiger partial charge >= 0.3 is 0 Å². The highest BCUT2D eigenvalue weighted by Crippen LogP contribution is 2.03. The zero-order valence-corrected chi connectivity index (χ0v) is 4.70. The van der Waals surface area contributed by atoms with E-state index in [4.69, 9.17) is 0 Å². The molecule has 0 fully saturated rings. The second kappa shape index (κ2) is 1.55. The molecule has 46 valence electrons. The summed E-state index contributed by atoms with van der Waals surface area (Å²) in [6, 6.07) is 1.91. The summed E-state index contributed by atoms with van der Waals surface area (Å²) in [4.78, 5) is 10.8. The second-order valence-electron chi connectivity index (χ2n) is 1.80. The van der Waals surface area contributed by atoms with Crippen molar-refractivity contribution in [3.63, 3.8) is 0 Å². The van der Waals surface area contributed by atoms with E-state index < -0.39 is 0 Å². The van der Waals surface area contributed by atoms with Crippen LogP contribution in [-0.4, -0.2) is 15.0 Å². The number of fused-ring (bicyclic) bond motifs is 1. The monoisotopic (exact) mass is 121 g/mol. The van der Waals surface area contributed by atoms with E-state index in [2.05, 4.69) is 15.0 Å². The number of H-pyrrole nitrogens is 1. The largest absolute Gasteiger partial charge is 0.359 e. The molecule has 0 aliphatic heterocycles. The fraction of sp³-hybridized carbons (Fsp3) is 0. The van der Waals surface area contributed by atoms with Gasteiger partial charge in [0.05, 0.1) is 17.2 Å². The number of hydrogen-bond acceptors (Lipinski definition) is 2. The molecule has 0 bridgehead atoms. The lowest BCUT2D eigenvalue weighted by Gasteiger charge is -1.82. The molecule has 2 heterocycles. The van der Waals surface area contributed by atoms with Gasteiger partial charge in [0.2, 0.25) is 0 Å². The summed E-state index contributed by atoms with van der Waals surface area (Å²) in [7, 11) is 0. The Labute approximate surface area is 53.2 Å². The van der Waals surface area contributed by atoms with Crippen LogP contribution in [0.15, 0.2) is 24.8 Å². The second-order valence-corrected chi connectivity index (χ2v) is 1.80. The first kappa shape index (κ1) is 4.49. The molecule has 2 aromatic heterocycles. The van der Waals surface area contributed by atoms with Crippen LogP contribution in [0.3, 0.4) is 0 Å². The third-order valence-electron chi connectivity index (χ3n) is 1.22. The van der Waals surface area contributed by atoms with E-state index in [1.54, 1.807) is 6.20 Å². The van der Waals surface area contributed by atoms with E-state index in [1.807, 2.05) is 12.3 Å². The number of aromatic nitrogens is 3. The standard InChI is InChI=1S/C6H5N3.H2/c1-2-8-6-3-7-4-9-5(1)6;/h1-4,8H;1H. The minimum absolute atomic E-state index is 0. The topological polar surface area (TPSA) is 41.6 Å². The highest BCUT2D eigenvalue weighted by atomic mass is 14.9. The molecule has 3 heteroatoms. The number of nitrogens with zero attached hydrogens (tertiary/aromatic N) is 2. The Balaban J connectivity index is 0.000000500. The van der Waals surface area contributed by atoms with Crippen molar-refractivity contribution in [2.75, 3.05) is 0 Å².